The molecule has 1 aromatic carbocycles. The summed E-state index contributed by atoms with van der Waals surface area (Å²) < 4.78 is 0. The van der Waals surface area contributed by atoms with E-state index < -0.39 is 0 Å². The first-order chi connectivity index (χ1) is 11.6. The van der Waals surface area contributed by atoms with Crippen molar-refractivity contribution in [3.63, 3.8) is 0 Å². The molecule has 1 saturated heterocycles. The van der Waals surface area contributed by atoms with Crippen LogP contribution in [0.25, 0.3) is 0 Å². The van der Waals surface area contributed by atoms with Crippen molar-refractivity contribution in [2.24, 2.45) is 11.8 Å². The van der Waals surface area contributed by atoms with Gasteiger partial charge in [0.15, 0.2) is 0 Å². The summed E-state index contributed by atoms with van der Waals surface area (Å²) >= 11 is 0. The number of carbonyl (C=O) groups is 1. The van der Waals surface area contributed by atoms with Crippen molar-refractivity contribution < 1.29 is 4.79 Å². The van der Waals surface area contributed by atoms with Crippen LogP contribution in [-0.2, 0) is 11.2 Å². The van der Waals surface area contributed by atoms with Crippen LogP contribution in [0, 0.1) is 11.8 Å². The zero-order valence-electron chi connectivity index (χ0n) is 16.0. The molecule has 1 fully saturated rings. The highest BCUT2D eigenvalue weighted by atomic mass is 35.5. The maximum Gasteiger partial charge on any atom is 0.220 e. The minimum atomic E-state index is 0. The van der Waals surface area contributed by atoms with Gasteiger partial charge < -0.3 is 10.6 Å². The van der Waals surface area contributed by atoms with Gasteiger partial charge >= 0.3 is 0 Å². The van der Waals surface area contributed by atoms with E-state index in [1.165, 1.54) is 24.0 Å². The number of hydrogen-bond donors (Lipinski definition) is 2. The molecule has 2 N–H and O–H groups in total. The number of piperidine rings is 1. The topological polar surface area (TPSA) is 41.1 Å². The third-order valence-corrected chi connectivity index (χ3v) is 5.26. The molecule has 1 amide bonds. The predicted molar refractivity (Wildman–Crippen MR) is 108 cm³/mol. The van der Waals surface area contributed by atoms with Gasteiger partial charge in [-0.05, 0) is 67.7 Å². The van der Waals surface area contributed by atoms with Crippen LogP contribution in [0.15, 0.2) is 24.3 Å². The van der Waals surface area contributed by atoms with Gasteiger partial charge in [-0.1, -0.05) is 45.0 Å². The van der Waals surface area contributed by atoms with E-state index in [-0.39, 0.29) is 18.3 Å². The van der Waals surface area contributed by atoms with Gasteiger partial charge in [0.05, 0.1) is 0 Å². The largest absolute Gasteiger partial charge is 0.356 e. The van der Waals surface area contributed by atoms with Crippen LogP contribution in [-0.4, -0.2) is 25.5 Å². The highest BCUT2D eigenvalue weighted by molar-refractivity contribution is 5.85. The molecule has 0 saturated carbocycles. The lowest BCUT2D eigenvalue weighted by molar-refractivity contribution is -0.122. The molecule has 25 heavy (non-hydrogen) atoms. The summed E-state index contributed by atoms with van der Waals surface area (Å²) in [6.45, 7) is 9.63. The molecule has 1 aliphatic rings. The Morgan fingerprint density at radius 1 is 1.24 bits per heavy atom. The molecule has 1 aliphatic heterocycles. The Morgan fingerprint density at radius 3 is 2.56 bits per heavy atom. The Morgan fingerprint density at radius 2 is 1.96 bits per heavy atom. The molecule has 0 aromatic heterocycles. The quantitative estimate of drug-likeness (QED) is 0.673. The van der Waals surface area contributed by atoms with Crippen molar-refractivity contribution in [3.8, 4) is 0 Å². The number of rotatable bonds is 8. The van der Waals surface area contributed by atoms with Gasteiger partial charge in [0, 0.05) is 13.0 Å². The van der Waals surface area contributed by atoms with Gasteiger partial charge in [0.2, 0.25) is 5.91 Å². The van der Waals surface area contributed by atoms with Crippen LogP contribution < -0.4 is 10.6 Å². The maximum absolute atomic E-state index is 12.1. The van der Waals surface area contributed by atoms with Crippen LogP contribution in [0.5, 0.6) is 0 Å². The minimum Gasteiger partial charge on any atom is -0.356 e. The molecule has 0 bridgehead atoms. The van der Waals surface area contributed by atoms with Crippen LogP contribution in [0.4, 0.5) is 0 Å². The summed E-state index contributed by atoms with van der Waals surface area (Å²) in [5.41, 5.74) is 2.74. The van der Waals surface area contributed by atoms with Gasteiger partial charge in [-0.25, -0.2) is 0 Å². The number of amides is 1. The fourth-order valence-corrected chi connectivity index (χ4v) is 3.49. The number of halogens is 1. The van der Waals surface area contributed by atoms with Crippen LogP contribution in [0.2, 0.25) is 0 Å². The average Bonchev–Trinajstić information content (AvgIpc) is 2.60. The summed E-state index contributed by atoms with van der Waals surface area (Å²) in [6, 6.07) is 8.88. The van der Waals surface area contributed by atoms with E-state index in [0.29, 0.717) is 24.2 Å². The van der Waals surface area contributed by atoms with Crippen molar-refractivity contribution in [2.75, 3.05) is 19.6 Å². The van der Waals surface area contributed by atoms with Crippen molar-refractivity contribution in [1.82, 2.24) is 10.6 Å². The molecule has 0 spiro atoms. The zero-order valence-corrected chi connectivity index (χ0v) is 16.8. The SMILES string of the molecule is CC(C)c1ccc(CCCNC(=O)CC(C)C2CCCNC2)cc1.Cl. The molecule has 2 atom stereocenters. The smallest absolute Gasteiger partial charge is 0.220 e. The van der Waals surface area contributed by atoms with E-state index >= 15 is 0 Å². The summed E-state index contributed by atoms with van der Waals surface area (Å²) in [5.74, 6) is 1.92. The second kappa shape index (κ2) is 11.5. The van der Waals surface area contributed by atoms with Gasteiger partial charge in [-0.15, -0.1) is 12.4 Å². The van der Waals surface area contributed by atoms with Gasteiger partial charge in [-0.3, -0.25) is 4.79 Å². The van der Waals surface area contributed by atoms with Crippen LogP contribution >= 0.6 is 12.4 Å². The second-order valence-electron chi connectivity index (χ2n) is 7.64. The molecule has 2 unspecified atom stereocenters. The minimum absolute atomic E-state index is 0. The van der Waals surface area contributed by atoms with Crippen LogP contribution in [0.3, 0.4) is 0 Å². The molecular weight excluding hydrogens is 332 g/mol. The summed E-state index contributed by atoms with van der Waals surface area (Å²) in [5, 5.41) is 6.53. The van der Waals surface area contributed by atoms with Crippen molar-refractivity contribution in [1.29, 1.82) is 0 Å². The maximum atomic E-state index is 12.1. The third-order valence-electron chi connectivity index (χ3n) is 5.26. The monoisotopic (exact) mass is 366 g/mol. The summed E-state index contributed by atoms with van der Waals surface area (Å²) in [6.07, 6.45) is 5.20. The number of carbonyl (C=O) groups excluding carboxylic acids is 1. The average molecular weight is 367 g/mol. The molecule has 4 heteroatoms. The van der Waals surface area contributed by atoms with E-state index in [0.717, 1.165) is 32.5 Å². The Bertz CT molecular complexity index is 495. The molecular formula is C21H35ClN2O. The first-order valence-electron chi connectivity index (χ1n) is 9.62. The highest BCUT2D eigenvalue weighted by Crippen LogP contribution is 2.22. The van der Waals surface area contributed by atoms with Crippen molar-refractivity contribution in [2.45, 2.75) is 58.8 Å². The lowest BCUT2D eigenvalue weighted by Gasteiger charge is -2.28. The normalized spacial score (nSPS) is 18.5. The van der Waals surface area contributed by atoms with E-state index in [1.807, 2.05) is 0 Å². The molecule has 2 rings (SSSR count). The molecule has 1 aromatic rings. The molecule has 142 valence electrons. The Hall–Kier alpha value is -1.06. The Labute approximate surface area is 159 Å². The van der Waals surface area contributed by atoms with E-state index in [2.05, 4.69) is 55.7 Å². The number of benzene rings is 1. The van der Waals surface area contributed by atoms with E-state index in [9.17, 15) is 4.79 Å². The van der Waals surface area contributed by atoms with Gasteiger partial charge in [0.1, 0.15) is 0 Å². The first kappa shape index (κ1) is 22.0. The van der Waals surface area contributed by atoms with Crippen LogP contribution in [0.1, 0.15) is 63.5 Å². The third kappa shape index (κ3) is 7.79. The first-order valence-corrected chi connectivity index (χ1v) is 9.62. The summed E-state index contributed by atoms with van der Waals surface area (Å²) in [7, 11) is 0. The van der Waals surface area contributed by atoms with E-state index in [4.69, 9.17) is 0 Å². The number of aryl methyl sites for hydroxylation is 1. The zero-order chi connectivity index (χ0) is 17.4. The number of nitrogens with one attached hydrogen (secondary N) is 2. The second-order valence-corrected chi connectivity index (χ2v) is 7.64. The fraction of sp³-hybridized carbons (Fsp3) is 0.667. The Kier molecular flexibility index (Phi) is 10.1. The van der Waals surface area contributed by atoms with Crippen molar-refractivity contribution >= 4 is 18.3 Å². The molecule has 3 nitrogen and oxygen atoms in total. The van der Waals surface area contributed by atoms with Gasteiger partial charge in [-0.2, -0.15) is 0 Å². The predicted octanol–water partition coefficient (Wildman–Crippen LogP) is 4.31. The lowest BCUT2D eigenvalue weighted by Crippen LogP contribution is -2.35. The van der Waals surface area contributed by atoms with Crippen molar-refractivity contribution in [3.05, 3.63) is 35.4 Å². The molecule has 0 aliphatic carbocycles. The highest BCUT2D eigenvalue weighted by Gasteiger charge is 2.21. The standard InChI is InChI=1S/C21H34N2O.ClH/c1-16(2)19-10-8-18(9-11-19)6-4-13-23-21(24)14-17(3)20-7-5-12-22-15-20;/h8-11,16-17,20,22H,4-7,12-15H2,1-3H3,(H,23,24);1H. The Balaban J connectivity index is 0.00000312. The molecule has 1 heterocycles. The van der Waals surface area contributed by atoms with E-state index in [1.54, 1.807) is 0 Å². The lowest BCUT2D eigenvalue weighted by atomic mass is 9.85. The van der Waals surface area contributed by atoms with Gasteiger partial charge in [0.25, 0.3) is 0 Å². The summed E-state index contributed by atoms with van der Waals surface area (Å²) in [4.78, 5) is 12.1. The number of hydrogen-bond acceptors (Lipinski definition) is 2. The fourth-order valence-electron chi connectivity index (χ4n) is 3.49. The molecule has 0 radical (unpaired) electrons.